The summed E-state index contributed by atoms with van der Waals surface area (Å²) in [6, 6.07) is 6.65. The average molecular weight is 433 g/mol. The van der Waals surface area contributed by atoms with E-state index in [9.17, 15) is 4.79 Å². The lowest BCUT2D eigenvalue weighted by Gasteiger charge is -2.22. The Morgan fingerprint density at radius 2 is 1.72 bits per heavy atom. The second kappa shape index (κ2) is 14.6. The largest absolute Gasteiger partial charge is 0.298 e. The van der Waals surface area contributed by atoms with E-state index in [1.807, 2.05) is 26.8 Å². The van der Waals surface area contributed by atoms with Crippen molar-refractivity contribution in [3.63, 3.8) is 0 Å². The summed E-state index contributed by atoms with van der Waals surface area (Å²) in [5.74, 6) is 0.667. The Morgan fingerprint density at radius 3 is 2.28 bits per heavy atom. The Labute approximate surface area is 197 Å². The third kappa shape index (κ3) is 7.62. The Kier molecular flexibility index (Phi) is 12.6. The molecule has 2 rings (SSSR count). The van der Waals surface area contributed by atoms with E-state index in [1.54, 1.807) is 6.08 Å². The zero-order valence-electron chi connectivity index (χ0n) is 21.6. The first-order valence-corrected chi connectivity index (χ1v) is 12.4. The lowest BCUT2D eigenvalue weighted by atomic mass is 9.83. The summed E-state index contributed by atoms with van der Waals surface area (Å²) < 4.78 is 0. The molecule has 0 aromatic heterocycles. The van der Waals surface area contributed by atoms with E-state index in [-0.39, 0.29) is 0 Å². The first kappa shape index (κ1) is 27.6. The van der Waals surface area contributed by atoms with Gasteiger partial charge >= 0.3 is 0 Å². The van der Waals surface area contributed by atoms with Crippen LogP contribution in [-0.2, 0) is 4.79 Å². The van der Waals surface area contributed by atoms with Crippen LogP contribution in [0, 0.1) is 12.8 Å². The van der Waals surface area contributed by atoms with Crippen LogP contribution in [0.4, 0.5) is 0 Å². The van der Waals surface area contributed by atoms with Crippen molar-refractivity contribution in [1.29, 1.82) is 0 Å². The fourth-order valence-electron chi connectivity index (χ4n) is 4.38. The normalized spacial score (nSPS) is 16.7. The molecule has 1 fully saturated rings. The van der Waals surface area contributed by atoms with Crippen LogP contribution in [0.2, 0.25) is 0 Å². The van der Waals surface area contributed by atoms with Gasteiger partial charge in [0.2, 0.25) is 0 Å². The van der Waals surface area contributed by atoms with Crippen molar-refractivity contribution in [2.75, 3.05) is 0 Å². The number of aldehydes is 1. The Balaban J connectivity index is 0.00000249. The molecule has 32 heavy (non-hydrogen) atoms. The van der Waals surface area contributed by atoms with Crippen LogP contribution < -0.4 is 0 Å². The van der Waals surface area contributed by atoms with Crippen LogP contribution in [0.15, 0.2) is 65.8 Å². The monoisotopic (exact) mass is 432 g/mol. The molecule has 0 bridgehead atoms. The summed E-state index contributed by atoms with van der Waals surface area (Å²) in [6.07, 6.45) is 16.9. The van der Waals surface area contributed by atoms with E-state index >= 15 is 0 Å². The van der Waals surface area contributed by atoms with Gasteiger partial charge in [0.1, 0.15) is 6.29 Å². The molecule has 0 heterocycles. The summed E-state index contributed by atoms with van der Waals surface area (Å²) in [4.78, 5) is 12.0. The first-order valence-electron chi connectivity index (χ1n) is 12.4. The number of carbonyl (C=O) groups excluding carboxylic acids is 1. The van der Waals surface area contributed by atoms with E-state index in [4.69, 9.17) is 0 Å². The quantitative estimate of drug-likeness (QED) is 0.227. The number of hydrogen-bond acceptors (Lipinski definition) is 1. The zero-order valence-corrected chi connectivity index (χ0v) is 21.6. The predicted octanol–water partition coefficient (Wildman–Crippen LogP) is 9.45. The first-order chi connectivity index (χ1) is 15.4. The third-order valence-corrected chi connectivity index (χ3v) is 6.23. The topological polar surface area (TPSA) is 17.1 Å². The Hall–Kier alpha value is -2.41. The fraction of sp³-hybridized carbons (Fsp3) is 0.452. The summed E-state index contributed by atoms with van der Waals surface area (Å²) in [6.45, 7) is 18.4. The van der Waals surface area contributed by atoms with Crippen LogP contribution in [-0.4, -0.2) is 6.29 Å². The van der Waals surface area contributed by atoms with Gasteiger partial charge in [-0.25, -0.2) is 0 Å². The van der Waals surface area contributed by atoms with E-state index in [0.717, 1.165) is 35.0 Å². The minimum absolute atomic E-state index is 0.667. The molecule has 1 aromatic carbocycles. The number of benzene rings is 1. The van der Waals surface area contributed by atoms with E-state index in [1.165, 1.54) is 54.4 Å². The highest BCUT2D eigenvalue weighted by Gasteiger charge is 2.18. The molecular weight excluding hydrogens is 388 g/mol. The minimum atomic E-state index is 0.667. The number of hydrogen-bond donors (Lipinski definition) is 0. The van der Waals surface area contributed by atoms with Crippen LogP contribution in [0.1, 0.15) is 96.8 Å². The number of aryl methyl sites for hydroxylation is 1. The molecule has 0 spiro atoms. The second-order valence-electron chi connectivity index (χ2n) is 8.62. The molecule has 1 aliphatic carbocycles. The summed E-state index contributed by atoms with van der Waals surface area (Å²) in [5.41, 5.74) is 9.11. The fourth-order valence-corrected chi connectivity index (χ4v) is 4.38. The molecule has 174 valence electrons. The van der Waals surface area contributed by atoms with Gasteiger partial charge < -0.3 is 0 Å². The van der Waals surface area contributed by atoms with Gasteiger partial charge in [0.05, 0.1) is 0 Å². The average Bonchev–Trinajstić information content (AvgIpc) is 2.82. The molecule has 0 atom stereocenters. The van der Waals surface area contributed by atoms with Crippen LogP contribution in [0.5, 0.6) is 0 Å². The highest BCUT2D eigenvalue weighted by molar-refractivity contribution is 5.98. The third-order valence-electron chi connectivity index (χ3n) is 6.23. The van der Waals surface area contributed by atoms with Gasteiger partial charge in [-0.3, -0.25) is 4.79 Å². The lowest BCUT2D eigenvalue weighted by Crippen LogP contribution is -2.05. The summed E-state index contributed by atoms with van der Waals surface area (Å²) in [7, 11) is 0. The number of carbonyl (C=O) groups is 1. The molecule has 0 N–H and O–H groups in total. The van der Waals surface area contributed by atoms with Gasteiger partial charge in [0, 0.05) is 0 Å². The molecule has 0 saturated heterocycles. The zero-order chi connectivity index (χ0) is 24.1. The molecule has 0 radical (unpaired) electrons. The Bertz CT molecular complexity index is 883. The van der Waals surface area contributed by atoms with Gasteiger partial charge in [0.15, 0.2) is 0 Å². The van der Waals surface area contributed by atoms with Gasteiger partial charge in [-0.05, 0) is 86.3 Å². The maximum atomic E-state index is 12.0. The minimum Gasteiger partial charge on any atom is -0.298 e. The molecule has 1 saturated carbocycles. The molecular formula is C31H44O. The molecule has 1 heteroatoms. The summed E-state index contributed by atoms with van der Waals surface area (Å²) >= 11 is 0. The van der Waals surface area contributed by atoms with Crippen molar-refractivity contribution in [1.82, 2.24) is 0 Å². The molecule has 0 unspecified atom stereocenters. The highest BCUT2D eigenvalue weighted by atomic mass is 16.1. The molecule has 1 aromatic rings. The SMILES string of the molecule is C=C\C=C/C(=C(\C)CC)C(=C(/C)C=O)/c1cc(C)ccc1/C(C)=C\C1CCCCC1.CC. The number of rotatable bonds is 8. The van der Waals surface area contributed by atoms with Crippen molar-refractivity contribution >= 4 is 17.4 Å². The van der Waals surface area contributed by atoms with Gasteiger partial charge in [-0.2, -0.15) is 0 Å². The van der Waals surface area contributed by atoms with Gasteiger partial charge in [0.25, 0.3) is 0 Å². The molecule has 0 aliphatic heterocycles. The van der Waals surface area contributed by atoms with Crippen molar-refractivity contribution in [2.24, 2.45) is 5.92 Å². The van der Waals surface area contributed by atoms with Crippen molar-refractivity contribution in [2.45, 2.75) is 87.0 Å². The van der Waals surface area contributed by atoms with Crippen LogP contribution >= 0.6 is 0 Å². The van der Waals surface area contributed by atoms with Crippen molar-refractivity contribution < 1.29 is 4.79 Å². The maximum Gasteiger partial charge on any atom is 0.146 e. The maximum absolute atomic E-state index is 12.0. The van der Waals surface area contributed by atoms with Crippen molar-refractivity contribution in [3.8, 4) is 0 Å². The highest BCUT2D eigenvalue weighted by Crippen LogP contribution is 2.37. The second-order valence-corrected chi connectivity index (χ2v) is 8.62. The van der Waals surface area contributed by atoms with E-state index in [2.05, 4.69) is 64.6 Å². The van der Waals surface area contributed by atoms with Crippen LogP contribution in [0.25, 0.3) is 11.1 Å². The molecule has 0 amide bonds. The standard InChI is InChI=1S/C29H38O.C2H6/c1-7-9-15-27(22(4)8-2)29(24(6)20-30)28-18-21(3)16-17-26(28)23(5)19-25-13-11-10-12-14-25;1-2/h7,9,15-20,25H,1,8,10-14H2,2-6H3;1-2H3/b15-9-,23-19-,27-22-,29-24+;. The van der Waals surface area contributed by atoms with Crippen LogP contribution in [0.3, 0.4) is 0 Å². The molecule has 1 nitrogen and oxygen atoms in total. The lowest BCUT2D eigenvalue weighted by molar-refractivity contribution is -0.104. The summed E-state index contributed by atoms with van der Waals surface area (Å²) in [5, 5.41) is 0. The number of allylic oxidation sites excluding steroid dienone is 9. The van der Waals surface area contributed by atoms with E-state index in [0.29, 0.717) is 5.92 Å². The van der Waals surface area contributed by atoms with Gasteiger partial charge in [-0.15, -0.1) is 0 Å². The van der Waals surface area contributed by atoms with Crippen molar-refractivity contribution in [3.05, 3.63) is 82.5 Å². The molecule has 1 aliphatic rings. The predicted molar refractivity (Wildman–Crippen MR) is 144 cm³/mol. The smallest absolute Gasteiger partial charge is 0.146 e. The Morgan fingerprint density at radius 1 is 1.06 bits per heavy atom. The van der Waals surface area contributed by atoms with Gasteiger partial charge in [-0.1, -0.05) is 100 Å². The van der Waals surface area contributed by atoms with E-state index < -0.39 is 0 Å².